The van der Waals surface area contributed by atoms with Gasteiger partial charge in [-0.15, -0.1) is 29.7 Å². The summed E-state index contributed by atoms with van der Waals surface area (Å²) in [6.07, 6.45) is 5.45. The Labute approximate surface area is 237 Å². The van der Waals surface area contributed by atoms with Crippen LogP contribution in [0.1, 0.15) is 50.9 Å². The van der Waals surface area contributed by atoms with Crippen LogP contribution in [0.15, 0.2) is 35.8 Å². The lowest BCUT2D eigenvalue weighted by Gasteiger charge is -2.11. The van der Waals surface area contributed by atoms with Gasteiger partial charge in [-0.05, 0) is 56.4 Å². The van der Waals surface area contributed by atoms with E-state index in [1.807, 2.05) is 4.57 Å². The highest BCUT2D eigenvalue weighted by Crippen LogP contribution is 2.38. The van der Waals surface area contributed by atoms with Gasteiger partial charge in [0.15, 0.2) is 4.80 Å². The Morgan fingerprint density at radius 3 is 2.69 bits per heavy atom. The third-order valence-electron chi connectivity index (χ3n) is 6.00. The van der Waals surface area contributed by atoms with Crippen LogP contribution in [0.2, 0.25) is 0 Å². The first-order chi connectivity index (χ1) is 18.9. The van der Waals surface area contributed by atoms with Gasteiger partial charge in [0.2, 0.25) is 5.91 Å². The molecular formula is C27H29N3O6S3. The number of nitrogens with zero attached hydrogens (tertiary/aromatic N) is 2. The minimum atomic E-state index is -0.447. The Morgan fingerprint density at radius 1 is 1.15 bits per heavy atom. The van der Waals surface area contributed by atoms with Crippen LogP contribution in [0.3, 0.4) is 0 Å². The van der Waals surface area contributed by atoms with Crippen LogP contribution in [-0.2, 0) is 38.4 Å². The smallest absolute Gasteiger partial charge is 0.341 e. The molecule has 1 aromatic carbocycles. The average Bonchev–Trinajstić information content (AvgIpc) is 3.45. The zero-order valence-corrected chi connectivity index (χ0v) is 24.2. The largest absolute Gasteiger partial charge is 0.465 e. The highest BCUT2D eigenvalue weighted by molar-refractivity contribution is 8.00. The maximum atomic E-state index is 12.7. The fourth-order valence-corrected chi connectivity index (χ4v) is 7.30. The first-order valence-electron chi connectivity index (χ1n) is 12.5. The summed E-state index contributed by atoms with van der Waals surface area (Å²) in [4.78, 5) is 55.7. The molecule has 0 saturated heterocycles. The van der Waals surface area contributed by atoms with E-state index in [0.717, 1.165) is 58.1 Å². The second kappa shape index (κ2) is 13.2. The molecule has 0 atom stereocenters. The van der Waals surface area contributed by atoms with Crippen molar-refractivity contribution in [1.82, 2.24) is 4.57 Å². The number of aryl methyl sites for hydroxylation is 1. The topological polar surface area (TPSA) is 116 Å². The molecule has 2 amide bonds. The first-order valence-corrected chi connectivity index (χ1v) is 15.2. The second-order valence-electron chi connectivity index (χ2n) is 8.64. The fraction of sp³-hybridized carbons (Fsp3) is 0.370. The third kappa shape index (κ3) is 6.68. The number of nitrogens with one attached hydrogen (secondary N) is 1. The van der Waals surface area contributed by atoms with E-state index in [1.54, 1.807) is 31.2 Å². The lowest BCUT2D eigenvalue weighted by atomic mass is 9.95. The quantitative estimate of drug-likeness (QED) is 0.272. The highest BCUT2D eigenvalue weighted by Gasteiger charge is 2.27. The molecule has 39 heavy (non-hydrogen) atoms. The van der Waals surface area contributed by atoms with Crippen molar-refractivity contribution in [2.24, 2.45) is 4.99 Å². The van der Waals surface area contributed by atoms with Gasteiger partial charge < -0.3 is 19.4 Å². The van der Waals surface area contributed by atoms with Gasteiger partial charge in [0, 0.05) is 11.4 Å². The normalized spacial score (nSPS) is 13.1. The number of allylic oxidation sites excluding steroid dienone is 1. The highest BCUT2D eigenvalue weighted by atomic mass is 32.2. The molecule has 12 heteroatoms. The van der Waals surface area contributed by atoms with Crippen LogP contribution in [0, 0.1) is 0 Å². The summed E-state index contributed by atoms with van der Waals surface area (Å²) in [6, 6.07) is 5.21. The Bertz CT molecular complexity index is 1500. The summed E-state index contributed by atoms with van der Waals surface area (Å²) in [6.45, 7) is 6.25. The number of carbonyl (C=O) groups excluding carboxylic acids is 4. The molecule has 0 spiro atoms. The zero-order chi connectivity index (χ0) is 27.9. The third-order valence-corrected chi connectivity index (χ3v) is 9.16. The van der Waals surface area contributed by atoms with Gasteiger partial charge in [-0.25, -0.2) is 9.59 Å². The van der Waals surface area contributed by atoms with E-state index in [4.69, 9.17) is 9.47 Å². The molecule has 2 heterocycles. The Hall–Kier alpha value is -3.22. The monoisotopic (exact) mass is 587 g/mol. The Kier molecular flexibility index (Phi) is 9.76. The summed E-state index contributed by atoms with van der Waals surface area (Å²) in [5.74, 6) is -1.50. The lowest BCUT2D eigenvalue weighted by molar-refractivity contribution is -0.115. The molecule has 1 aliphatic rings. The van der Waals surface area contributed by atoms with Gasteiger partial charge in [-0.1, -0.05) is 17.4 Å². The molecule has 0 aliphatic heterocycles. The molecule has 0 saturated carbocycles. The predicted octanol–water partition coefficient (Wildman–Crippen LogP) is 4.59. The maximum absolute atomic E-state index is 12.7. The van der Waals surface area contributed by atoms with Crippen LogP contribution in [0.4, 0.5) is 5.00 Å². The van der Waals surface area contributed by atoms with Gasteiger partial charge in [0.05, 0.1) is 46.6 Å². The van der Waals surface area contributed by atoms with E-state index in [9.17, 15) is 19.2 Å². The summed E-state index contributed by atoms with van der Waals surface area (Å²) in [7, 11) is 1.33. The van der Waals surface area contributed by atoms with Crippen molar-refractivity contribution in [3.63, 3.8) is 0 Å². The van der Waals surface area contributed by atoms with E-state index in [2.05, 4.69) is 16.9 Å². The fourth-order valence-electron chi connectivity index (χ4n) is 4.31. The molecule has 2 aromatic heterocycles. The molecule has 4 rings (SSSR count). The average molecular weight is 588 g/mol. The number of esters is 2. The summed E-state index contributed by atoms with van der Waals surface area (Å²) >= 11 is 3.86. The van der Waals surface area contributed by atoms with Gasteiger partial charge >= 0.3 is 11.9 Å². The molecule has 0 radical (unpaired) electrons. The SMILES string of the molecule is C=CCn1c(=NC(=O)CSCC(=O)Nc2sc3c(c2C(=O)OC)CCCC3)sc2cc(C(=O)OCC)ccc21. The lowest BCUT2D eigenvalue weighted by Crippen LogP contribution is -2.19. The number of methoxy groups -OCH3 is 1. The molecule has 0 unspecified atom stereocenters. The number of aromatic nitrogens is 1. The van der Waals surface area contributed by atoms with Crippen LogP contribution in [0.25, 0.3) is 10.2 Å². The number of hydrogen-bond donors (Lipinski definition) is 1. The van der Waals surface area contributed by atoms with E-state index in [1.165, 1.54) is 29.8 Å². The minimum absolute atomic E-state index is 0.00856. The number of thiazole rings is 1. The number of hydrogen-bond acceptors (Lipinski definition) is 9. The molecule has 3 aromatic rings. The molecular weight excluding hydrogens is 559 g/mol. The summed E-state index contributed by atoms with van der Waals surface area (Å²) in [5, 5.41) is 3.35. The molecule has 206 valence electrons. The van der Waals surface area contributed by atoms with Gasteiger partial charge in [-0.2, -0.15) is 4.99 Å². The first kappa shape index (κ1) is 28.8. The number of thioether (sulfide) groups is 1. The van der Waals surface area contributed by atoms with Crippen molar-refractivity contribution in [1.29, 1.82) is 0 Å². The number of anilines is 1. The number of amides is 2. The van der Waals surface area contributed by atoms with Crippen molar-refractivity contribution < 1.29 is 28.7 Å². The van der Waals surface area contributed by atoms with E-state index in [0.29, 0.717) is 27.5 Å². The number of ether oxygens (including phenoxy) is 2. The summed E-state index contributed by atoms with van der Waals surface area (Å²) in [5.41, 5.74) is 2.68. The number of fused-ring (bicyclic) bond motifs is 2. The van der Waals surface area contributed by atoms with Crippen molar-refractivity contribution in [2.45, 2.75) is 39.2 Å². The van der Waals surface area contributed by atoms with Crippen molar-refractivity contribution in [2.75, 3.05) is 30.5 Å². The van der Waals surface area contributed by atoms with Crippen molar-refractivity contribution in [3.05, 3.63) is 57.2 Å². The van der Waals surface area contributed by atoms with Gasteiger partial charge in [0.1, 0.15) is 5.00 Å². The summed E-state index contributed by atoms with van der Waals surface area (Å²) < 4.78 is 12.7. The molecule has 1 N–H and O–H groups in total. The Balaban J connectivity index is 1.43. The van der Waals surface area contributed by atoms with Crippen molar-refractivity contribution in [3.8, 4) is 0 Å². The molecule has 0 fully saturated rings. The standard InChI is InChI=1S/C27H29N3O6S3/c1-4-12-30-18-11-10-16(25(33)36-5-2)13-20(18)39-27(30)29-22(32)15-37-14-21(31)28-24-23(26(34)35-3)17-8-6-7-9-19(17)38-24/h4,10-11,13H,1,5-9,12,14-15H2,2-3H3,(H,28,31). The van der Waals surface area contributed by atoms with Gasteiger partial charge in [0.25, 0.3) is 5.91 Å². The molecule has 9 nitrogen and oxygen atoms in total. The van der Waals surface area contributed by atoms with Gasteiger partial charge in [-0.3, -0.25) is 9.59 Å². The second-order valence-corrected chi connectivity index (χ2v) is 11.7. The Morgan fingerprint density at radius 2 is 1.95 bits per heavy atom. The number of benzene rings is 1. The van der Waals surface area contributed by atoms with Crippen LogP contribution in [-0.4, -0.2) is 53.5 Å². The van der Waals surface area contributed by atoms with E-state index < -0.39 is 11.9 Å². The zero-order valence-electron chi connectivity index (χ0n) is 21.7. The van der Waals surface area contributed by atoms with Crippen LogP contribution >= 0.6 is 34.4 Å². The van der Waals surface area contributed by atoms with Crippen molar-refractivity contribution >= 4 is 73.4 Å². The molecule has 0 bridgehead atoms. The van der Waals surface area contributed by atoms with E-state index >= 15 is 0 Å². The molecule has 1 aliphatic carbocycles. The van der Waals surface area contributed by atoms with Crippen LogP contribution in [0.5, 0.6) is 0 Å². The number of thiophene rings is 1. The minimum Gasteiger partial charge on any atom is -0.465 e. The maximum Gasteiger partial charge on any atom is 0.341 e. The predicted molar refractivity (Wildman–Crippen MR) is 155 cm³/mol. The van der Waals surface area contributed by atoms with Crippen LogP contribution < -0.4 is 10.1 Å². The number of carbonyl (C=O) groups is 4. The number of rotatable bonds is 10. The van der Waals surface area contributed by atoms with E-state index in [-0.39, 0.29) is 29.9 Å².